The van der Waals surface area contributed by atoms with Gasteiger partial charge < -0.3 is 4.90 Å². The predicted octanol–water partition coefficient (Wildman–Crippen LogP) is 2.95. The quantitative estimate of drug-likeness (QED) is 0.784. The number of Topliss-reactive ketones (excluding diaryl/α,β-unsaturated/α-hetero) is 1. The second-order valence-electron chi connectivity index (χ2n) is 3.67. The fraction of sp³-hybridized carbons (Fsp3) is 0.455. The van der Waals surface area contributed by atoms with Gasteiger partial charge in [-0.25, -0.2) is 0 Å². The lowest BCUT2D eigenvalue weighted by molar-refractivity contribution is -0.128. The normalized spacial score (nSPS) is 10.2. The van der Waals surface area contributed by atoms with Gasteiger partial charge in [-0.3, -0.25) is 9.59 Å². The first kappa shape index (κ1) is 13.4. The molecule has 0 saturated heterocycles. The molecule has 0 radical (unpaired) electrons. The number of rotatable bonds is 5. The third kappa shape index (κ3) is 4.06. The molecular weight excluding hydrogens is 290 g/mol. The molecule has 0 atom stereocenters. The first-order valence-electron chi connectivity index (χ1n) is 4.99. The molecule has 0 aliphatic heterocycles. The molecule has 0 bridgehead atoms. The molecule has 0 aliphatic rings. The molecule has 1 aromatic rings. The van der Waals surface area contributed by atoms with Crippen molar-refractivity contribution < 1.29 is 9.59 Å². The Morgan fingerprint density at radius 2 is 2.00 bits per heavy atom. The number of carbonyl (C=O) groups is 2. The van der Waals surface area contributed by atoms with E-state index in [1.807, 2.05) is 12.1 Å². The summed E-state index contributed by atoms with van der Waals surface area (Å²) >= 11 is 4.75. The highest BCUT2D eigenvalue weighted by molar-refractivity contribution is 9.11. The highest BCUT2D eigenvalue weighted by atomic mass is 79.9. The molecule has 1 heterocycles. The van der Waals surface area contributed by atoms with Gasteiger partial charge in [0.15, 0.2) is 5.78 Å². The summed E-state index contributed by atoms with van der Waals surface area (Å²) in [5.41, 5.74) is 0. The van der Waals surface area contributed by atoms with E-state index in [0.717, 1.165) is 8.66 Å². The van der Waals surface area contributed by atoms with Crippen LogP contribution in [0.25, 0.3) is 0 Å². The van der Waals surface area contributed by atoms with E-state index in [0.29, 0.717) is 19.3 Å². The van der Waals surface area contributed by atoms with Crippen LogP contribution in [0.15, 0.2) is 15.9 Å². The summed E-state index contributed by atoms with van der Waals surface area (Å²) in [5, 5.41) is 0. The van der Waals surface area contributed by atoms with Crippen molar-refractivity contribution >= 4 is 39.0 Å². The van der Waals surface area contributed by atoms with Crippen LogP contribution in [0.3, 0.4) is 0 Å². The summed E-state index contributed by atoms with van der Waals surface area (Å²) < 4.78 is 0.959. The van der Waals surface area contributed by atoms with Crippen molar-refractivity contribution in [1.29, 1.82) is 0 Å². The molecule has 1 rings (SSSR count). The van der Waals surface area contributed by atoms with Crippen molar-refractivity contribution in [3.05, 3.63) is 20.8 Å². The fourth-order valence-electron chi connectivity index (χ4n) is 1.21. The van der Waals surface area contributed by atoms with Crippen molar-refractivity contribution in [2.45, 2.75) is 19.3 Å². The Morgan fingerprint density at radius 3 is 2.50 bits per heavy atom. The predicted molar refractivity (Wildman–Crippen MR) is 68.9 cm³/mol. The van der Waals surface area contributed by atoms with Gasteiger partial charge in [-0.1, -0.05) is 0 Å². The van der Waals surface area contributed by atoms with E-state index in [-0.39, 0.29) is 11.7 Å². The number of carbonyl (C=O) groups excluding carboxylic acids is 2. The number of hydrogen-bond acceptors (Lipinski definition) is 3. The molecule has 88 valence electrons. The number of ketones is 1. The molecule has 0 saturated carbocycles. The molecule has 0 N–H and O–H groups in total. The summed E-state index contributed by atoms with van der Waals surface area (Å²) in [5.74, 6) is 0.183. The number of halogens is 1. The lowest BCUT2D eigenvalue weighted by Gasteiger charge is -2.08. The van der Waals surface area contributed by atoms with Crippen molar-refractivity contribution in [3.8, 4) is 0 Å². The van der Waals surface area contributed by atoms with E-state index in [9.17, 15) is 9.59 Å². The lowest BCUT2D eigenvalue weighted by atomic mass is 10.1. The highest BCUT2D eigenvalue weighted by Gasteiger charge is 2.10. The average Bonchev–Trinajstić information content (AvgIpc) is 2.64. The first-order valence-corrected chi connectivity index (χ1v) is 6.60. The molecule has 1 amide bonds. The Bertz CT molecular complexity index is 387. The summed E-state index contributed by atoms with van der Waals surface area (Å²) in [6.07, 6.45) is 1.49. The smallest absolute Gasteiger partial charge is 0.222 e. The molecular formula is C11H14BrNO2S. The van der Waals surface area contributed by atoms with E-state index in [2.05, 4.69) is 15.9 Å². The Kier molecular flexibility index (Phi) is 5.15. The van der Waals surface area contributed by atoms with Crippen LogP contribution in [0.4, 0.5) is 0 Å². The average molecular weight is 304 g/mol. The Balaban J connectivity index is 2.34. The standard InChI is InChI=1S/C11H14BrNO2S/c1-13(2)11(15)5-3-4-8(14)9-6-7-10(12)16-9/h6-7H,3-5H2,1-2H3. The highest BCUT2D eigenvalue weighted by Crippen LogP contribution is 2.23. The number of amides is 1. The Morgan fingerprint density at radius 1 is 1.31 bits per heavy atom. The monoisotopic (exact) mass is 303 g/mol. The van der Waals surface area contributed by atoms with Gasteiger partial charge >= 0.3 is 0 Å². The van der Waals surface area contributed by atoms with Crippen molar-refractivity contribution in [2.24, 2.45) is 0 Å². The number of hydrogen-bond donors (Lipinski definition) is 0. The van der Waals surface area contributed by atoms with E-state index in [4.69, 9.17) is 0 Å². The van der Waals surface area contributed by atoms with E-state index < -0.39 is 0 Å². The van der Waals surface area contributed by atoms with Crippen molar-refractivity contribution in [2.75, 3.05) is 14.1 Å². The van der Waals surface area contributed by atoms with Crippen LogP contribution in [-0.4, -0.2) is 30.7 Å². The number of nitrogens with zero attached hydrogens (tertiary/aromatic N) is 1. The topological polar surface area (TPSA) is 37.4 Å². The minimum absolute atomic E-state index is 0.0696. The molecule has 0 aliphatic carbocycles. The van der Waals surface area contributed by atoms with Crippen LogP contribution < -0.4 is 0 Å². The van der Waals surface area contributed by atoms with Crippen LogP contribution in [0.2, 0.25) is 0 Å². The van der Waals surface area contributed by atoms with Gasteiger partial charge in [-0.05, 0) is 34.5 Å². The summed E-state index contributed by atoms with van der Waals surface area (Å²) in [6, 6.07) is 3.67. The van der Waals surface area contributed by atoms with Gasteiger partial charge in [0.25, 0.3) is 0 Å². The van der Waals surface area contributed by atoms with Crippen LogP contribution >= 0.6 is 27.3 Å². The van der Waals surface area contributed by atoms with Gasteiger partial charge in [-0.15, -0.1) is 11.3 Å². The van der Waals surface area contributed by atoms with Crippen LogP contribution in [-0.2, 0) is 4.79 Å². The van der Waals surface area contributed by atoms with Gasteiger partial charge in [-0.2, -0.15) is 0 Å². The zero-order valence-electron chi connectivity index (χ0n) is 9.33. The largest absolute Gasteiger partial charge is 0.349 e. The molecule has 3 nitrogen and oxygen atoms in total. The zero-order valence-corrected chi connectivity index (χ0v) is 11.7. The second-order valence-corrected chi connectivity index (χ2v) is 6.13. The van der Waals surface area contributed by atoms with Crippen molar-refractivity contribution in [1.82, 2.24) is 4.90 Å². The van der Waals surface area contributed by atoms with E-state index in [1.54, 1.807) is 19.0 Å². The summed E-state index contributed by atoms with van der Waals surface area (Å²) in [4.78, 5) is 25.3. The van der Waals surface area contributed by atoms with Gasteiger partial charge in [0.1, 0.15) is 0 Å². The van der Waals surface area contributed by atoms with Crippen LogP contribution in [0, 0.1) is 0 Å². The Hall–Kier alpha value is -0.680. The minimum Gasteiger partial charge on any atom is -0.349 e. The Labute approximate surface area is 108 Å². The molecule has 1 aromatic heterocycles. The second kappa shape index (κ2) is 6.15. The van der Waals surface area contributed by atoms with Crippen molar-refractivity contribution in [3.63, 3.8) is 0 Å². The van der Waals surface area contributed by atoms with Crippen LogP contribution in [0.1, 0.15) is 28.9 Å². The van der Waals surface area contributed by atoms with E-state index >= 15 is 0 Å². The van der Waals surface area contributed by atoms with Crippen LogP contribution in [0.5, 0.6) is 0 Å². The SMILES string of the molecule is CN(C)C(=O)CCCC(=O)c1ccc(Br)s1. The maximum Gasteiger partial charge on any atom is 0.222 e. The summed E-state index contributed by atoms with van der Waals surface area (Å²) in [6.45, 7) is 0. The third-order valence-electron chi connectivity index (χ3n) is 2.14. The minimum atomic E-state index is 0.0696. The third-order valence-corrected chi connectivity index (χ3v) is 3.81. The first-order chi connectivity index (χ1) is 7.50. The maximum atomic E-state index is 11.7. The van der Waals surface area contributed by atoms with Gasteiger partial charge in [0, 0.05) is 26.9 Å². The van der Waals surface area contributed by atoms with Gasteiger partial charge in [0.05, 0.1) is 8.66 Å². The molecule has 0 aromatic carbocycles. The molecule has 0 fully saturated rings. The lowest BCUT2D eigenvalue weighted by Crippen LogP contribution is -2.21. The zero-order chi connectivity index (χ0) is 12.1. The molecule has 0 unspecified atom stereocenters. The summed E-state index contributed by atoms with van der Waals surface area (Å²) in [7, 11) is 3.45. The molecule has 16 heavy (non-hydrogen) atoms. The van der Waals surface area contributed by atoms with Gasteiger partial charge in [0.2, 0.25) is 5.91 Å². The maximum absolute atomic E-state index is 11.7. The molecule has 5 heteroatoms. The molecule has 0 spiro atoms. The number of thiophene rings is 1. The fourth-order valence-corrected chi connectivity index (χ4v) is 2.56. The van der Waals surface area contributed by atoms with E-state index in [1.165, 1.54) is 11.3 Å².